The van der Waals surface area contributed by atoms with E-state index in [1.807, 2.05) is 4.90 Å². The zero-order valence-corrected chi connectivity index (χ0v) is 10.9. The number of rotatable bonds is 5. The van der Waals surface area contributed by atoms with Gasteiger partial charge in [-0.3, -0.25) is 4.79 Å². The van der Waals surface area contributed by atoms with Crippen LogP contribution in [0.2, 0.25) is 0 Å². The van der Waals surface area contributed by atoms with E-state index in [2.05, 4.69) is 0 Å². The molecule has 0 radical (unpaired) electrons. The molecule has 2 saturated carbocycles. The van der Waals surface area contributed by atoms with Crippen molar-refractivity contribution in [3.8, 4) is 11.5 Å². The first-order valence-corrected chi connectivity index (χ1v) is 6.94. The third-order valence-corrected chi connectivity index (χ3v) is 3.79. The highest BCUT2D eigenvalue weighted by Crippen LogP contribution is 2.34. The van der Waals surface area contributed by atoms with Crippen LogP contribution in [0.3, 0.4) is 0 Å². The fourth-order valence-electron chi connectivity index (χ4n) is 2.37. The third-order valence-electron chi connectivity index (χ3n) is 3.79. The van der Waals surface area contributed by atoms with Gasteiger partial charge < -0.3 is 15.1 Å². The normalized spacial score (nSPS) is 18.3. The van der Waals surface area contributed by atoms with Crippen molar-refractivity contribution in [1.29, 1.82) is 0 Å². The van der Waals surface area contributed by atoms with Crippen molar-refractivity contribution in [2.45, 2.75) is 25.7 Å². The second-order valence-electron chi connectivity index (χ2n) is 5.83. The van der Waals surface area contributed by atoms with E-state index in [0.29, 0.717) is 17.4 Å². The summed E-state index contributed by atoms with van der Waals surface area (Å²) in [6.45, 7) is 1.62. The van der Waals surface area contributed by atoms with Gasteiger partial charge in [0.25, 0.3) is 5.91 Å². The highest BCUT2D eigenvalue weighted by Gasteiger charge is 2.32. The van der Waals surface area contributed by atoms with Gasteiger partial charge in [0.15, 0.2) is 0 Å². The molecule has 0 aromatic heterocycles. The van der Waals surface area contributed by atoms with Crippen molar-refractivity contribution < 1.29 is 15.0 Å². The molecule has 3 rings (SSSR count). The van der Waals surface area contributed by atoms with E-state index in [9.17, 15) is 15.0 Å². The highest BCUT2D eigenvalue weighted by atomic mass is 16.3. The van der Waals surface area contributed by atoms with E-state index < -0.39 is 0 Å². The Kier molecular flexibility index (Phi) is 3.09. The molecule has 2 N–H and O–H groups in total. The van der Waals surface area contributed by atoms with E-state index in [4.69, 9.17) is 0 Å². The summed E-state index contributed by atoms with van der Waals surface area (Å²) in [4.78, 5) is 14.4. The number of phenolic OH excluding ortho intramolecular Hbond substituents is 2. The molecule has 2 aliphatic rings. The summed E-state index contributed by atoms with van der Waals surface area (Å²) in [5, 5.41) is 19.0. The first-order valence-electron chi connectivity index (χ1n) is 6.94. The molecule has 1 amide bonds. The molecular formula is C15H19NO3. The average Bonchev–Trinajstić information content (AvgIpc) is 3.20. The van der Waals surface area contributed by atoms with Gasteiger partial charge in [-0.25, -0.2) is 0 Å². The average molecular weight is 261 g/mol. The zero-order chi connectivity index (χ0) is 13.4. The van der Waals surface area contributed by atoms with Crippen LogP contribution in [-0.4, -0.2) is 34.1 Å². The lowest BCUT2D eigenvalue weighted by Gasteiger charge is -2.22. The number of hydrogen-bond acceptors (Lipinski definition) is 3. The number of amides is 1. The summed E-state index contributed by atoms with van der Waals surface area (Å²) >= 11 is 0. The Labute approximate surface area is 112 Å². The molecule has 4 nitrogen and oxygen atoms in total. The van der Waals surface area contributed by atoms with E-state index >= 15 is 0 Å². The van der Waals surface area contributed by atoms with Crippen molar-refractivity contribution in [1.82, 2.24) is 4.90 Å². The van der Waals surface area contributed by atoms with Gasteiger partial charge in [0.2, 0.25) is 0 Å². The maximum atomic E-state index is 12.5. The molecule has 2 aliphatic carbocycles. The fourth-order valence-corrected chi connectivity index (χ4v) is 2.37. The molecule has 0 bridgehead atoms. The predicted molar refractivity (Wildman–Crippen MR) is 71.1 cm³/mol. The van der Waals surface area contributed by atoms with Crippen LogP contribution >= 0.6 is 0 Å². The summed E-state index contributed by atoms with van der Waals surface area (Å²) in [6, 6.07) is 4.09. The van der Waals surface area contributed by atoms with Gasteiger partial charge in [-0.15, -0.1) is 0 Å². The Balaban J connectivity index is 1.76. The smallest absolute Gasteiger partial charge is 0.254 e. The second kappa shape index (κ2) is 4.76. The second-order valence-corrected chi connectivity index (χ2v) is 5.83. The number of carbonyl (C=O) groups is 1. The van der Waals surface area contributed by atoms with Crippen LogP contribution < -0.4 is 0 Å². The van der Waals surface area contributed by atoms with Gasteiger partial charge in [-0.05, 0) is 49.7 Å². The Morgan fingerprint density at radius 3 is 1.89 bits per heavy atom. The van der Waals surface area contributed by atoms with Crippen molar-refractivity contribution in [2.75, 3.05) is 13.1 Å². The molecule has 102 valence electrons. The van der Waals surface area contributed by atoms with Gasteiger partial charge in [0, 0.05) is 24.7 Å². The van der Waals surface area contributed by atoms with Crippen molar-refractivity contribution >= 4 is 5.91 Å². The SMILES string of the molecule is O=C(c1cc(O)cc(O)c1)N(CC1CC1)CC1CC1. The quantitative estimate of drug-likeness (QED) is 0.855. The number of carbonyl (C=O) groups excluding carboxylic acids is 1. The third kappa shape index (κ3) is 3.19. The van der Waals surface area contributed by atoms with E-state index in [0.717, 1.165) is 13.1 Å². The summed E-state index contributed by atoms with van der Waals surface area (Å²) in [6.07, 6.45) is 4.83. The van der Waals surface area contributed by atoms with Crippen molar-refractivity contribution in [3.63, 3.8) is 0 Å². The van der Waals surface area contributed by atoms with Crippen LogP contribution in [0, 0.1) is 11.8 Å². The molecular weight excluding hydrogens is 242 g/mol. The van der Waals surface area contributed by atoms with Crippen molar-refractivity contribution in [2.24, 2.45) is 11.8 Å². The number of benzene rings is 1. The minimum Gasteiger partial charge on any atom is -0.508 e. The van der Waals surface area contributed by atoms with E-state index in [1.165, 1.54) is 43.9 Å². The summed E-state index contributed by atoms with van der Waals surface area (Å²) in [5.74, 6) is 1.08. The van der Waals surface area contributed by atoms with E-state index in [1.54, 1.807) is 0 Å². The molecule has 1 aromatic carbocycles. The molecule has 4 heteroatoms. The molecule has 0 saturated heterocycles. The minimum atomic E-state index is -0.0787. The lowest BCUT2D eigenvalue weighted by Crippen LogP contribution is -2.34. The molecule has 0 unspecified atom stereocenters. The van der Waals surface area contributed by atoms with Crippen LogP contribution in [0.25, 0.3) is 0 Å². The van der Waals surface area contributed by atoms with E-state index in [-0.39, 0.29) is 17.4 Å². The number of nitrogens with zero attached hydrogens (tertiary/aromatic N) is 1. The van der Waals surface area contributed by atoms with Gasteiger partial charge in [0.05, 0.1) is 0 Å². The molecule has 19 heavy (non-hydrogen) atoms. The topological polar surface area (TPSA) is 60.8 Å². The lowest BCUT2D eigenvalue weighted by atomic mass is 10.1. The Hall–Kier alpha value is -1.71. The number of aromatic hydroxyl groups is 2. The van der Waals surface area contributed by atoms with Crippen LogP contribution in [0.5, 0.6) is 11.5 Å². The van der Waals surface area contributed by atoms with Gasteiger partial charge >= 0.3 is 0 Å². The van der Waals surface area contributed by atoms with Gasteiger partial charge in [0.1, 0.15) is 11.5 Å². The lowest BCUT2D eigenvalue weighted by molar-refractivity contribution is 0.0738. The van der Waals surface area contributed by atoms with Crippen LogP contribution in [0.1, 0.15) is 36.0 Å². The molecule has 0 spiro atoms. The molecule has 0 heterocycles. The fraction of sp³-hybridized carbons (Fsp3) is 0.533. The van der Waals surface area contributed by atoms with Crippen molar-refractivity contribution in [3.05, 3.63) is 23.8 Å². The monoisotopic (exact) mass is 261 g/mol. The maximum absolute atomic E-state index is 12.5. The maximum Gasteiger partial charge on any atom is 0.254 e. The number of phenols is 2. The molecule has 1 aromatic rings. The highest BCUT2D eigenvalue weighted by molar-refractivity contribution is 5.95. The molecule has 2 fully saturated rings. The molecule has 0 aliphatic heterocycles. The summed E-state index contributed by atoms with van der Waals surface area (Å²) in [5.41, 5.74) is 0.374. The standard InChI is InChI=1S/C15H19NO3/c17-13-5-12(6-14(18)7-13)15(19)16(8-10-1-2-10)9-11-3-4-11/h5-7,10-11,17-18H,1-4,8-9H2. The minimum absolute atomic E-state index is 0.0684. The predicted octanol–water partition coefficient (Wildman–Crippen LogP) is 2.36. The van der Waals surface area contributed by atoms with Crippen LogP contribution in [-0.2, 0) is 0 Å². The van der Waals surface area contributed by atoms with Crippen LogP contribution in [0.4, 0.5) is 0 Å². The van der Waals surface area contributed by atoms with Gasteiger partial charge in [-0.1, -0.05) is 0 Å². The first-order chi connectivity index (χ1) is 9.11. The summed E-state index contributed by atoms with van der Waals surface area (Å²) in [7, 11) is 0. The zero-order valence-electron chi connectivity index (χ0n) is 10.9. The molecule has 0 atom stereocenters. The summed E-state index contributed by atoms with van der Waals surface area (Å²) < 4.78 is 0. The Morgan fingerprint density at radius 2 is 1.47 bits per heavy atom. The Morgan fingerprint density at radius 1 is 1.00 bits per heavy atom. The first kappa shape index (κ1) is 12.3. The van der Waals surface area contributed by atoms with Gasteiger partial charge in [-0.2, -0.15) is 0 Å². The largest absolute Gasteiger partial charge is 0.508 e. The number of hydrogen-bond donors (Lipinski definition) is 2. The Bertz CT molecular complexity index is 458. The van der Waals surface area contributed by atoms with Crippen LogP contribution in [0.15, 0.2) is 18.2 Å².